The highest BCUT2D eigenvalue weighted by Crippen LogP contribution is 2.29. The van der Waals surface area contributed by atoms with Crippen LogP contribution in [0.15, 0.2) is 89.6 Å². The quantitative estimate of drug-likeness (QED) is 0.684. The van der Waals surface area contributed by atoms with Gasteiger partial charge in [-0.25, -0.2) is 9.97 Å². The van der Waals surface area contributed by atoms with E-state index in [0.29, 0.717) is 23.5 Å². The number of aromatic nitrogens is 2. The van der Waals surface area contributed by atoms with E-state index < -0.39 is 0 Å². The molecule has 0 spiro atoms. The Bertz CT molecular complexity index is 1060. The Morgan fingerprint density at radius 3 is 2.45 bits per heavy atom. The highest BCUT2D eigenvalue weighted by Gasteiger charge is 2.27. The summed E-state index contributed by atoms with van der Waals surface area (Å²) in [5, 5.41) is 3.01. The van der Waals surface area contributed by atoms with Gasteiger partial charge < -0.3 is 11.1 Å². The topological polar surface area (TPSA) is 93.3 Å². The first-order valence-corrected chi connectivity index (χ1v) is 9.46. The van der Waals surface area contributed by atoms with E-state index in [2.05, 4.69) is 15.3 Å². The Kier molecular flexibility index (Phi) is 5.42. The molecular formula is C23H21N5O. The summed E-state index contributed by atoms with van der Waals surface area (Å²) in [6.45, 7) is 0.549. The Morgan fingerprint density at radius 1 is 1.00 bits per heavy atom. The van der Waals surface area contributed by atoms with Crippen LogP contribution in [0.4, 0.5) is 5.95 Å². The molecule has 2 aromatic carbocycles. The first-order valence-electron chi connectivity index (χ1n) is 9.46. The van der Waals surface area contributed by atoms with Crippen LogP contribution in [0.2, 0.25) is 0 Å². The van der Waals surface area contributed by atoms with Crippen molar-refractivity contribution in [1.82, 2.24) is 15.3 Å². The number of carbonyl (C=O) groups excluding carboxylic acids is 1. The number of hydrogen-bond donors (Lipinski definition) is 2. The molecule has 0 saturated heterocycles. The van der Waals surface area contributed by atoms with Gasteiger partial charge in [-0.3, -0.25) is 9.79 Å². The zero-order valence-electron chi connectivity index (χ0n) is 15.8. The highest BCUT2D eigenvalue weighted by molar-refractivity contribution is 6.29. The number of rotatable bonds is 6. The maximum atomic E-state index is 12.9. The Labute approximate surface area is 169 Å². The minimum Gasteiger partial charge on any atom is -0.368 e. The first-order chi connectivity index (χ1) is 14.2. The number of nitrogens with one attached hydrogen (secondary N) is 1. The SMILES string of the molecule is Nc1nccc(C2C=C(C(=O)NCCc3ccccc3)C(c3ccccc3)=N2)n1. The van der Waals surface area contributed by atoms with Gasteiger partial charge in [0, 0.05) is 18.3 Å². The summed E-state index contributed by atoms with van der Waals surface area (Å²) in [6, 6.07) is 21.1. The lowest BCUT2D eigenvalue weighted by Crippen LogP contribution is -2.29. The second kappa shape index (κ2) is 8.48. The number of carbonyl (C=O) groups is 1. The van der Waals surface area contributed by atoms with E-state index >= 15 is 0 Å². The van der Waals surface area contributed by atoms with Crippen LogP contribution in [0.5, 0.6) is 0 Å². The summed E-state index contributed by atoms with van der Waals surface area (Å²) in [7, 11) is 0. The van der Waals surface area contributed by atoms with Crippen LogP contribution >= 0.6 is 0 Å². The number of nitrogen functional groups attached to an aromatic ring is 1. The van der Waals surface area contributed by atoms with Gasteiger partial charge in [0.05, 0.1) is 17.0 Å². The molecule has 0 saturated carbocycles. The molecule has 29 heavy (non-hydrogen) atoms. The van der Waals surface area contributed by atoms with Crippen LogP contribution in [-0.4, -0.2) is 28.1 Å². The van der Waals surface area contributed by atoms with Gasteiger partial charge in [0.15, 0.2) is 0 Å². The Morgan fingerprint density at radius 2 is 1.72 bits per heavy atom. The molecule has 1 amide bonds. The summed E-state index contributed by atoms with van der Waals surface area (Å²) in [5.74, 6) is 0.0428. The summed E-state index contributed by atoms with van der Waals surface area (Å²) in [4.78, 5) is 25.9. The molecule has 0 bridgehead atoms. The van der Waals surface area contributed by atoms with E-state index in [1.165, 1.54) is 5.56 Å². The molecule has 1 aliphatic heterocycles. The van der Waals surface area contributed by atoms with Gasteiger partial charge >= 0.3 is 0 Å². The molecule has 0 aliphatic carbocycles. The maximum absolute atomic E-state index is 12.9. The number of hydrogen-bond acceptors (Lipinski definition) is 5. The van der Waals surface area contributed by atoms with Crippen molar-refractivity contribution in [1.29, 1.82) is 0 Å². The van der Waals surface area contributed by atoms with Crippen LogP contribution in [-0.2, 0) is 11.2 Å². The molecule has 6 nitrogen and oxygen atoms in total. The third-order valence-corrected chi connectivity index (χ3v) is 4.68. The number of amides is 1. The van der Waals surface area contributed by atoms with Crippen LogP contribution in [0.25, 0.3) is 0 Å². The molecule has 4 rings (SSSR count). The van der Waals surface area contributed by atoms with Crippen molar-refractivity contribution in [3.8, 4) is 0 Å². The van der Waals surface area contributed by atoms with Crippen LogP contribution in [0.3, 0.4) is 0 Å². The van der Waals surface area contributed by atoms with E-state index in [0.717, 1.165) is 12.0 Å². The van der Waals surface area contributed by atoms with Crippen molar-refractivity contribution in [2.45, 2.75) is 12.5 Å². The number of benzene rings is 2. The molecule has 6 heteroatoms. The van der Waals surface area contributed by atoms with E-state index in [1.54, 1.807) is 12.3 Å². The average molecular weight is 383 g/mol. The molecule has 0 radical (unpaired) electrons. The van der Waals surface area contributed by atoms with Gasteiger partial charge in [0.1, 0.15) is 6.04 Å². The molecule has 144 valence electrons. The lowest BCUT2D eigenvalue weighted by Gasteiger charge is -2.09. The van der Waals surface area contributed by atoms with Crippen LogP contribution in [0, 0.1) is 0 Å². The van der Waals surface area contributed by atoms with Crippen molar-refractivity contribution < 1.29 is 4.79 Å². The number of nitrogens with two attached hydrogens (primary N) is 1. The van der Waals surface area contributed by atoms with E-state index in [-0.39, 0.29) is 17.9 Å². The smallest absolute Gasteiger partial charge is 0.253 e. The molecule has 0 fully saturated rings. The van der Waals surface area contributed by atoms with Crippen molar-refractivity contribution in [2.75, 3.05) is 12.3 Å². The Balaban J connectivity index is 1.56. The molecule has 2 heterocycles. The summed E-state index contributed by atoms with van der Waals surface area (Å²) < 4.78 is 0. The fourth-order valence-electron chi connectivity index (χ4n) is 3.26. The Hall–Kier alpha value is -3.80. The normalized spacial score (nSPS) is 15.5. The van der Waals surface area contributed by atoms with Crippen molar-refractivity contribution in [2.24, 2.45) is 4.99 Å². The third-order valence-electron chi connectivity index (χ3n) is 4.68. The zero-order valence-corrected chi connectivity index (χ0v) is 15.8. The predicted molar refractivity (Wildman–Crippen MR) is 113 cm³/mol. The van der Waals surface area contributed by atoms with Crippen LogP contribution in [0.1, 0.15) is 22.9 Å². The standard InChI is InChI=1S/C23H21N5O/c24-23-26-14-12-19(28-23)20-15-18(21(27-20)17-9-5-2-6-10-17)22(29)25-13-11-16-7-3-1-4-8-16/h1-10,12,14-15,20H,11,13H2,(H,25,29)(H2,24,26,28). The summed E-state index contributed by atoms with van der Waals surface area (Å²) in [6.07, 6.45) is 4.20. The molecule has 1 atom stereocenters. The van der Waals surface area contributed by atoms with E-state index in [4.69, 9.17) is 10.7 Å². The van der Waals surface area contributed by atoms with E-state index in [1.807, 2.05) is 66.7 Å². The second-order valence-corrected chi connectivity index (χ2v) is 6.70. The molecule has 1 unspecified atom stereocenters. The number of aliphatic imine (C=N–C) groups is 1. The first kappa shape index (κ1) is 18.6. The zero-order chi connectivity index (χ0) is 20.1. The van der Waals surface area contributed by atoms with E-state index in [9.17, 15) is 4.79 Å². The van der Waals surface area contributed by atoms with Crippen molar-refractivity contribution >= 4 is 17.6 Å². The monoisotopic (exact) mass is 383 g/mol. The summed E-state index contributed by atoms with van der Waals surface area (Å²) >= 11 is 0. The van der Waals surface area contributed by atoms with Gasteiger partial charge in [0.25, 0.3) is 5.91 Å². The van der Waals surface area contributed by atoms with Gasteiger partial charge in [-0.2, -0.15) is 0 Å². The number of anilines is 1. The largest absolute Gasteiger partial charge is 0.368 e. The second-order valence-electron chi connectivity index (χ2n) is 6.70. The average Bonchev–Trinajstić information content (AvgIpc) is 3.21. The molecule has 3 N–H and O–H groups in total. The van der Waals surface area contributed by atoms with Crippen molar-refractivity contribution in [3.63, 3.8) is 0 Å². The van der Waals surface area contributed by atoms with Gasteiger partial charge in [-0.05, 0) is 24.1 Å². The minimum absolute atomic E-state index is 0.145. The molecule has 1 aliphatic rings. The predicted octanol–water partition coefficient (Wildman–Crippen LogP) is 2.89. The third kappa shape index (κ3) is 4.38. The molecular weight excluding hydrogens is 362 g/mol. The van der Waals surface area contributed by atoms with Gasteiger partial charge in [-0.1, -0.05) is 60.7 Å². The lowest BCUT2D eigenvalue weighted by molar-refractivity contribution is -0.116. The lowest BCUT2D eigenvalue weighted by atomic mass is 10.0. The number of nitrogens with zero attached hydrogens (tertiary/aromatic N) is 3. The minimum atomic E-state index is -0.370. The fourth-order valence-corrected chi connectivity index (χ4v) is 3.26. The maximum Gasteiger partial charge on any atom is 0.253 e. The highest BCUT2D eigenvalue weighted by atomic mass is 16.1. The van der Waals surface area contributed by atoms with Crippen LogP contribution < -0.4 is 11.1 Å². The van der Waals surface area contributed by atoms with Gasteiger partial charge in [-0.15, -0.1) is 0 Å². The van der Waals surface area contributed by atoms with Crippen molar-refractivity contribution in [3.05, 3.63) is 101 Å². The summed E-state index contributed by atoms with van der Waals surface area (Å²) in [5.41, 5.74) is 9.66. The molecule has 3 aromatic rings. The molecule has 1 aromatic heterocycles. The van der Waals surface area contributed by atoms with Gasteiger partial charge in [0.2, 0.25) is 5.95 Å². The fraction of sp³-hybridized carbons (Fsp3) is 0.130.